The lowest BCUT2D eigenvalue weighted by Gasteiger charge is -2.08. The van der Waals surface area contributed by atoms with Crippen LogP contribution >= 0.6 is 0 Å². The average molecular weight is 247 g/mol. The Morgan fingerprint density at radius 1 is 1.28 bits per heavy atom. The van der Waals surface area contributed by atoms with Crippen molar-refractivity contribution in [2.24, 2.45) is 0 Å². The number of urea groups is 1. The normalized spacial score (nSPS) is 14.3. The maximum Gasteiger partial charge on any atom is 0.319 e. The van der Waals surface area contributed by atoms with Gasteiger partial charge in [-0.25, -0.2) is 4.79 Å². The molecule has 1 saturated carbocycles. The maximum atomic E-state index is 11.4. The Balaban J connectivity index is 1.77. The highest BCUT2D eigenvalue weighted by Crippen LogP contribution is 2.19. The second-order valence-electron chi connectivity index (χ2n) is 4.73. The van der Waals surface area contributed by atoms with E-state index < -0.39 is 0 Å². The fourth-order valence-electron chi connectivity index (χ4n) is 1.67. The number of anilines is 1. The van der Waals surface area contributed by atoms with Crippen molar-refractivity contribution in [2.75, 3.05) is 11.9 Å². The molecule has 2 rings (SSSR count). The number of amides is 2. The van der Waals surface area contributed by atoms with Gasteiger partial charge in [0.2, 0.25) is 0 Å². The Bertz CT molecular complexity index is 385. The van der Waals surface area contributed by atoms with Crippen molar-refractivity contribution >= 4 is 11.7 Å². The largest absolute Gasteiger partial charge is 0.338 e. The minimum absolute atomic E-state index is 0.138. The number of carbonyl (C=O) groups excluding carboxylic acids is 1. The molecule has 2 amide bonds. The van der Waals surface area contributed by atoms with Crippen LogP contribution in [0.25, 0.3) is 0 Å². The van der Waals surface area contributed by atoms with Crippen LogP contribution in [-0.2, 0) is 6.54 Å². The number of benzene rings is 1. The Morgan fingerprint density at radius 2 is 2.00 bits per heavy atom. The van der Waals surface area contributed by atoms with Gasteiger partial charge in [0, 0.05) is 24.8 Å². The standard InChI is InChI=1S/C14H21N3O/c1-2-9-15-14(18)17-13-5-3-11(4-6-13)10-16-12-7-8-12/h3-6,12,16H,2,7-10H2,1H3,(H2,15,17,18). The van der Waals surface area contributed by atoms with Crippen molar-refractivity contribution in [2.45, 2.75) is 38.8 Å². The van der Waals surface area contributed by atoms with Gasteiger partial charge in [-0.05, 0) is 37.0 Å². The zero-order valence-corrected chi connectivity index (χ0v) is 10.8. The summed E-state index contributed by atoms with van der Waals surface area (Å²) in [5.41, 5.74) is 2.08. The molecule has 0 radical (unpaired) electrons. The molecule has 98 valence electrons. The number of hydrogen-bond acceptors (Lipinski definition) is 2. The van der Waals surface area contributed by atoms with Crippen molar-refractivity contribution in [3.8, 4) is 0 Å². The monoisotopic (exact) mass is 247 g/mol. The first-order valence-corrected chi connectivity index (χ1v) is 6.65. The van der Waals surface area contributed by atoms with Gasteiger partial charge in [0.25, 0.3) is 0 Å². The first kappa shape index (κ1) is 12.9. The SMILES string of the molecule is CCCNC(=O)Nc1ccc(CNC2CC2)cc1. The van der Waals surface area contributed by atoms with E-state index in [1.165, 1.54) is 18.4 Å². The maximum absolute atomic E-state index is 11.4. The molecule has 1 aliphatic rings. The predicted octanol–water partition coefficient (Wildman–Crippen LogP) is 2.47. The molecule has 1 fully saturated rings. The Morgan fingerprint density at radius 3 is 2.61 bits per heavy atom. The smallest absolute Gasteiger partial charge is 0.319 e. The molecule has 1 aromatic carbocycles. The third-order valence-electron chi connectivity index (χ3n) is 2.92. The van der Waals surface area contributed by atoms with E-state index in [0.29, 0.717) is 6.54 Å². The molecule has 0 aromatic heterocycles. The van der Waals surface area contributed by atoms with Gasteiger partial charge in [-0.3, -0.25) is 0 Å². The third kappa shape index (κ3) is 4.37. The minimum atomic E-state index is -0.138. The van der Waals surface area contributed by atoms with E-state index >= 15 is 0 Å². The van der Waals surface area contributed by atoms with Gasteiger partial charge in [0.05, 0.1) is 0 Å². The molecular weight excluding hydrogens is 226 g/mol. The van der Waals surface area contributed by atoms with Gasteiger partial charge < -0.3 is 16.0 Å². The highest BCUT2D eigenvalue weighted by molar-refractivity contribution is 5.89. The van der Waals surface area contributed by atoms with E-state index in [0.717, 1.165) is 24.7 Å². The van der Waals surface area contributed by atoms with Crippen LogP contribution < -0.4 is 16.0 Å². The highest BCUT2D eigenvalue weighted by Gasteiger charge is 2.19. The summed E-state index contributed by atoms with van der Waals surface area (Å²) in [7, 11) is 0. The molecule has 4 nitrogen and oxygen atoms in total. The lowest BCUT2D eigenvalue weighted by Crippen LogP contribution is -2.29. The summed E-state index contributed by atoms with van der Waals surface area (Å²) in [4.78, 5) is 11.4. The van der Waals surface area contributed by atoms with Crippen LogP contribution in [0.1, 0.15) is 31.7 Å². The van der Waals surface area contributed by atoms with Crippen LogP contribution in [0.4, 0.5) is 10.5 Å². The Labute approximate surface area is 108 Å². The second kappa shape index (κ2) is 6.40. The van der Waals surface area contributed by atoms with Crippen LogP contribution in [0.5, 0.6) is 0 Å². The summed E-state index contributed by atoms with van der Waals surface area (Å²) >= 11 is 0. The van der Waals surface area contributed by atoms with E-state index in [4.69, 9.17) is 0 Å². The van der Waals surface area contributed by atoms with Crippen molar-refractivity contribution in [3.63, 3.8) is 0 Å². The van der Waals surface area contributed by atoms with Crippen molar-refractivity contribution in [1.29, 1.82) is 0 Å². The average Bonchev–Trinajstić information content (AvgIpc) is 3.20. The van der Waals surface area contributed by atoms with E-state index in [1.807, 2.05) is 31.2 Å². The quantitative estimate of drug-likeness (QED) is 0.723. The van der Waals surface area contributed by atoms with E-state index in [2.05, 4.69) is 16.0 Å². The number of nitrogens with one attached hydrogen (secondary N) is 3. The molecule has 0 unspecified atom stereocenters. The van der Waals surface area contributed by atoms with Crippen molar-refractivity contribution in [1.82, 2.24) is 10.6 Å². The minimum Gasteiger partial charge on any atom is -0.338 e. The molecule has 0 spiro atoms. The van der Waals surface area contributed by atoms with Gasteiger partial charge in [0.15, 0.2) is 0 Å². The first-order chi connectivity index (χ1) is 8.78. The fraction of sp³-hybridized carbons (Fsp3) is 0.500. The summed E-state index contributed by atoms with van der Waals surface area (Å²) < 4.78 is 0. The van der Waals surface area contributed by atoms with E-state index in [9.17, 15) is 4.79 Å². The molecule has 0 aliphatic heterocycles. The molecule has 0 bridgehead atoms. The van der Waals surface area contributed by atoms with Gasteiger partial charge in [0.1, 0.15) is 0 Å². The summed E-state index contributed by atoms with van der Waals surface area (Å²) in [5, 5.41) is 9.05. The highest BCUT2D eigenvalue weighted by atomic mass is 16.2. The zero-order valence-electron chi connectivity index (χ0n) is 10.8. The Kier molecular flexibility index (Phi) is 4.59. The zero-order chi connectivity index (χ0) is 12.8. The molecule has 0 atom stereocenters. The predicted molar refractivity (Wildman–Crippen MR) is 73.6 cm³/mol. The first-order valence-electron chi connectivity index (χ1n) is 6.65. The molecule has 1 aliphatic carbocycles. The van der Waals surface area contributed by atoms with E-state index in [-0.39, 0.29) is 6.03 Å². The summed E-state index contributed by atoms with van der Waals surface area (Å²) in [6, 6.07) is 8.56. The summed E-state index contributed by atoms with van der Waals surface area (Å²) in [5.74, 6) is 0. The molecular formula is C14H21N3O. The molecule has 0 heterocycles. The van der Waals surface area contributed by atoms with Crippen LogP contribution in [0.2, 0.25) is 0 Å². The number of rotatable bonds is 6. The summed E-state index contributed by atoms with van der Waals surface area (Å²) in [6.45, 7) is 3.64. The van der Waals surface area contributed by atoms with Crippen LogP contribution in [0.3, 0.4) is 0 Å². The Hall–Kier alpha value is -1.55. The van der Waals surface area contributed by atoms with Crippen LogP contribution in [0, 0.1) is 0 Å². The second-order valence-corrected chi connectivity index (χ2v) is 4.73. The van der Waals surface area contributed by atoms with E-state index in [1.54, 1.807) is 0 Å². The number of carbonyl (C=O) groups is 1. The number of hydrogen-bond donors (Lipinski definition) is 3. The summed E-state index contributed by atoms with van der Waals surface area (Å²) in [6.07, 6.45) is 3.55. The van der Waals surface area contributed by atoms with Gasteiger partial charge in [-0.2, -0.15) is 0 Å². The lowest BCUT2D eigenvalue weighted by molar-refractivity contribution is 0.252. The lowest BCUT2D eigenvalue weighted by atomic mass is 10.2. The topological polar surface area (TPSA) is 53.2 Å². The van der Waals surface area contributed by atoms with Gasteiger partial charge in [-0.15, -0.1) is 0 Å². The van der Waals surface area contributed by atoms with Crippen molar-refractivity contribution < 1.29 is 4.79 Å². The molecule has 18 heavy (non-hydrogen) atoms. The van der Waals surface area contributed by atoms with Gasteiger partial charge >= 0.3 is 6.03 Å². The fourth-order valence-corrected chi connectivity index (χ4v) is 1.67. The molecule has 0 saturated heterocycles. The van der Waals surface area contributed by atoms with Crippen LogP contribution in [0.15, 0.2) is 24.3 Å². The van der Waals surface area contributed by atoms with Crippen LogP contribution in [-0.4, -0.2) is 18.6 Å². The third-order valence-corrected chi connectivity index (χ3v) is 2.92. The van der Waals surface area contributed by atoms with Gasteiger partial charge in [-0.1, -0.05) is 19.1 Å². The molecule has 3 N–H and O–H groups in total. The molecule has 1 aromatic rings. The molecule has 4 heteroatoms. The van der Waals surface area contributed by atoms with Crippen molar-refractivity contribution in [3.05, 3.63) is 29.8 Å².